The number of ether oxygens (including phenoxy) is 1. The summed E-state index contributed by atoms with van der Waals surface area (Å²) in [5, 5.41) is 22.4. The molecule has 2 aliphatic carbocycles. The maximum atomic E-state index is 15.7. The molecule has 0 saturated heterocycles. The monoisotopic (exact) mass is 859 g/mol. The van der Waals surface area contributed by atoms with Crippen LogP contribution in [0.25, 0.3) is 22.5 Å². The molecule has 2 heterocycles. The SMILES string of the molecule is Nc1ncc(C2CCC(O)CC2)nc1-c1ccc(C(=O)N[C@H](COC(=O)c2ccc(-c3nc(C4CCC(O)CC4)cnc3N)cc2F)c2cc(F)cc(Br)c2)c(F)c1. The molecule has 0 bridgehead atoms. The number of nitrogens with two attached hydrogens (primary N) is 2. The van der Waals surface area contributed by atoms with Crippen LogP contribution in [-0.2, 0) is 4.74 Å². The number of nitrogen functional groups attached to an aromatic ring is 2. The van der Waals surface area contributed by atoms with Gasteiger partial charge in [-0.1, -0.05) is 28.1 Å². The van der Waals surface area contributed by atoms with E-state index in [2.05, 4.69) is 41.2 Å². The van der Waals surface area contributed by atoms with Crippen LogP contribution in [0.5, 0.6) is 0 Å². The maximum Gasteiger partial charge on any atom is 0.341 e. The van der Waals surface area contributed by atoms with Gasteiger partial charge in [0.15, 0.2) is 0 Å². The number of aliphatic hydroxyl groups excluding tert-OH is 2. The normalized spacial score (nSPS) is 20.0. The Labute approximate surface area is 340 Å². The van der Waals surface area contributed by atoms with Crippen molar-refractivity contribution < 1.29 is 37.7 Å². The molecule has 3 aromatic carbocycles. The van der Waals surface area contributed by atoms with Gasteiger partial charge in [0.2, 0.25) is 0 Å². The summed E-state index contributed by atoms with van der Waals surface area (Å²) in [6.45, 7) is -0.574. The van der Waals surface area contributed by atoms with E-state index in [9.17, 15) is 24.2 Å². The third kappa shape index (κ3) is 9.30. The Balaban J connectivity index is 1.07. The van der Waals surface area contributed by atoms with E-state index >= 15 is 8.78 Å². The molecule has 2 aromatic heterocycles. The first-order valence-electron chi connectivity index (χ1n) is 19.0. The summed E-state index contributed by atoms with van der Waals surface area (Å²) in [6.07, 6.45) is 7.90. The van der Waals surface area contributed by atoms with Crippen molar-refractivity contribution in [3.8, 4) is 22.5 Å². The Morgan fingerprint density at radius 1 is 0.741 bits per heavy atom. The van der Waals surface area contributed by atoms with Gasteiger partial charge in [-0.3, -0.25) is 4.79 Å². The van der Waals surface area contributed by atoms with Crippen LogP contribution in [0.3, 0.4) is 0 Å². The second kappa shape index (κ2) is 17.6. The van der Waals surface area contributed by atoms with Gasteiger partial charge in [0.1, 0.15) is 47.1 Å². The fraction of sp³-hybridized carbons (Fsp3) is 0.333. The van der Waals surface area contributed by atoms with Crippen molar-refractivity contribution >= 4 is 39.4 Å². The molecule has 5 aromatic rings. The van der Waals surface area contributed by atoms with Gasteiger partial charge < -0.3 is 31.7 Å². The molecule has 7 rings (SSSR count). The van der Waals surface area contributed by atoms with Crippen LogP contribution in [0.4, 0.5) is 24.8 Å². The highest BCUT2D eigenvalue weighted by molar-refractivity contribution is 9.10. The molecule has 16 heteroatoms. The lowest BCUT2D eigenvalue weighted by molar-refractivity contribution is 0.0450. The average molecular weight is 861 g/mol. The van der Waals surface area contributed by atoms with Crippen LogP contribution in [0.15, 0.2) is 71.5 Å². The van der Waals surface area contributed by atoms with E-state index in [-0.39, 0.29) is 69.3 Å². The molecular formula is C42H41BrF3N7O5. The summed E-state index contributed by atoms with van der Waals surface area (Å²) in [6, 6.07) is 10.2. The zero-order chi connectivity index (χ0) is 41.1. The van der Waals surface area contributed by atoms with Crippen LogP contribution in [0, 0.1) is 17.5 Å². The molecule has 2 fully saturated rings. The standard InChI is InChI=1S/C42H41BrF3N7O5/c43-26-13-25(14-27(44)17-26)36(53-41(56)30-11-5-23(15-32(30)45)37-39(47)49-18-34(51-37)21-1-7-28(54)8-2-21)20-58-42(57)31-12-6-24(16-33(31)46)38-40(48)50-19-35(52-38)22-3-9-29(55)10-4-22/h5-6,11-19,21-22,28-29,36,54-55H,1-4,7-10,20H2,(H2,47,49)(H2,48,50)(H,53,56)/t21?,22?,28?,29?,36-/m1/s1. The van der Waals surface area contributed by atoms with Crippen LogP contribution < -0.4 is 16.8 Å². The molecule has 0 aliphatic heterocycles. The van der Waals surface area contributed by atoms with E-state index in [1.54, 1.807) is 12.4 Å². The van der Waals surface area contributed by atoms with E-state index in [0.717, 1.165) is 43.9 Å². The van der Waals surface area contributed by atoms with Crippen LogP contribution in [0.1, 0.15) is 107 Å². The maximum absolute atomic E-state index is 15.7. The zero-order valence-corrected chi connectivity index (χ0v) is 32.8. The number of halogens is 4. The summed E-state index contributed by atoms with van der Waals surface area (Å²) in [5.41, 5.74) is 14.0. The number of anilines is 2. The summed E-state index contributed by atoms with van der Waals surface area (Å²) < 4.78 is 51.6. The number of carbonyl (C=O) groups is 2. The van der Waals surface area contributed by atoms with Gasteiger partial charge in [0, 0.05) is 27.4 Å². The molecule has 0 radical (unpaired) electrons. The lowest BCUT2D eigenvalue weighted by Gasteiger charge is -2.25. The Morgan fingerprint density at radius 2 is 1.24 bits per heavy atom. The number of rotatable bonds is 10. The molecule has 302 valence electrons. The minimum Gasteiger partial charge on any atom is -0.459 e. The minimum atomic E-state index is -1.20. The number of amides is 1. The first-order chi connectivity index (χ1) is 27.8. The number of benzene rings is 3. The fourth-order valence-electron chi connectivity index (χ4n) is 7.53. The van der Waals surface area contributed by atoms with Gasteiger partial charge in [-0.15, -0.1) is 0 Å². The van der Waals surface area contributed by atoms with Gasteiger partial charge in [-0.25, -0.2) is 37.9 Å². The van der Waals surface area contributed by atoms with Gasteiger partial charge in [0.25, 0.3) is 5.91 Å². The summed E-state index contributed by atoms with van der Waals surface area (Å²) in [7, 11) is 0. The zero-order valence-electron chi connectivity index (χ0n) is 31.2. The number of carbonyl (C=O) groups excluding carboxylic acids is 2. The summed E-state index contributed by atoms with van der Waals surface area (Å²) in [5.74, 6) is -4.20. The van der Waals surface area contributed by atoms with Crippen molar-refractivity contribution in [1.82, 2.24) is 25.3 Å². The summed E-state index contributed by atoms with van der Waals surface area (Å²) >= 11 is 3.23. The number of nitrogens with one attached hydrogen (secondary N) is 1. The van der Waals surface area contributed by atoms with Gasteiger partial charge in [-0.05, 0) is 99.4 Å². The molecule has 7 N–H and O–H groups in total. The molecule has 2 aliphatic rings. The highest BCUT2D eigenvalue weighted by atomic mass is 79.9. The van der Waals surface area contributed by atoms with Crippen LogP contribution in [-0.4, -0.2) is 60.8 Å². The van der Waals surface area contributed by atoms with Crippen molar-refractivity contribution in [3.05, 3.63) is 117 Å². The lowest BCUT2D eigenvalue weighted by Crippen LogP contribution is -2.33. The summed E-state index contributed by atoms with van der Waals surface area (Å²) in [4.78, 5) is 44.7. The van der Waals surface area contributed by atoms with E-state index in [0.29, 0.717) is 41.5 Å². The topological polar surface area (TPSA) is 199 Å². The third-order valence-electron chi connectivity index (χ3n) is 10.8. The van der Waals surface area contributed by atoms with Crippen molar-refractivity contribution in [2.24, 2.45) is 0 Å². The van der Waals surface area contributed by atoms with Gasteiger partial charge >= 0.3 is 5.97 Å². The first-order valence-corrected chi connectivity index (χ1v) is 19.8. The molecule has 0 spiro atoms. The second-order valence-electron chi connectivity index (χ2n) is 14.8. The number of aliphatic hydroxyl groups is 2. The van der Waals surface area contributed by atoms with Crippen molar-refractivity contribution in [2.45, 2.75) is 81.5 Å². The smallest absolute Gasteiger partial charge is 0.341 e. The molecule has 1 atom stereocenters. The largest absolute Gasteiger partial charge is 0.459 e. The van der Waals surface area contributed by atoms with Crippen LogP contribution >= 0.6 is 15.9 Å². The number of esters is 1. The van der Waals surface area contributed by atoms with Crippen molar-refractivity contribution in [3.63, 3.8) is 0 Å². The quantitative estimate of drug-likeness (QED) is 0.0883. The van der Waals surface area contributed by atoms with E-state index in [4.69, 9.17) is 16.2 Å². The molecule has 2 saturated carbocycles. The molecule has 0 unspecified atom stereocenters. The fourth-order valence-corrected chi connectivity index (χ4v) is 8.01. The number of hydrogen-bond donors (Lipinski definition) is 5. The highest BCUT2D eigenvalue weighted by Gasteiger charge is 2.27. The van der Waals surface area contributed by atoms with E-state index in [1.165, 1.54) is 36.4 Å². The Kier molecular flexibility index (Phi) is 12.4. The van der Waals surface area contributed by atoms with Crippen LogP contribution in [0.2, 0.25) is 0 Å². The highest BCUT2D eigenvalue weighted by Crippen LogP contribution is 2.36. The van der Waals surface area contributed by atoms with Gasteiger partial charge in [-0.2, -0.15) is 0 Å². The Hall–Kier alpha value is -5.45. The molecular weight excluding hydrogens is 819 g/mol. The minimum absolute atomic E-state index is 0.0652. The number of hydrogen-bond acceptors (Lipinski definition) is 11. The second-order valence-corrected chi connectivity index (χ2v) is 15.7. The average Bonchev–Trinajstić information content (AvgIpc) is 3.20. The number of aromatic nitrogens is 4. The predicted octanol–water partition coefficient (Wildman–Crippen LogP) is 7.31. The first kappa shape index (κ1) is 40.7. The third-order valence-corrected chi connectivity index (χ3v) is 11.2. The van der Waals surface area contributed by atoms with E-state index < -0.39 is 47.5 Å². The number of nitrogens with zero attached hydrogens (tertiary/aromatic N) is 4. The molecule has 12 nitrogen and oxygen atoms in total. The Bertz CT molecular complexity index is 2320. The van der Waals surface area contributed by atoms with E-state index in [1.807, 2.05) is 0 Å². The van der Waals surface area contributed by atoms with Crippen molar-refractivity contribution in [1.29, 1.82) is 0 Å². The van der Waals surface area contributed by atoms with Crippen molar-refractivity contribution in [2.75, 3.05) is 18.1 Å². The molecule has 1 amide bonds. The lowest BCUT2D eigenvalue weighted by atomic mass is 9.85. The predicted molar refractivity (Wildman–Crippen MR) is 213 cm³/mol. The Morgan fingerprint density at radius 3 is 1.72 bits per heavy atom. The van der Waals surface area contributed by atoms with Gasteiger partial charge in [0.05, 0.1) is 53.2 Å². The molecule has 58 heavy (non-hydrogen) atoms.